The first-order chi connectivity index (χ1) is 8.13. The Bertz CT molecular complexity index is 558. The summed E-state index contributed by atoms with van der Waals surface area (Å²) >= 11 is 0. The highest BCUT2D eigenvalue weighted by atomic mass is 16.5. The van der Waals surface area contributed by atoms with Crippen LogP contribution < -0.4 is 16.6 Å². The molecule has 1 aromatic rings. The summed E-state index contributed by atoms with van der Waals surface area (Å²) in [6.45, 7) is 0.614. The average molecular weight is 239 g/mol. The molecule has 0 spiro atoms. The number of ether oxygens (including phenoxy) is 1. The van der Waals surface area contributed by atoms with Crippen LogP contribution in [0.15, 0.2) is 9.59 Å². The van der Waals surface area contributed by atoms with Crippen LogP contribution in [0.25, 0.3) is 0 Å². The molecule has 0 unspecified atom stereocenters. The van der Waals surface area contributed by atoms with Crippen LogP contribution in [0.2, 0.25) is 0 Å². The van der Waals surface area contributed by atoms with Crippen molar-refractivity contribution in [3.8, 4) is 0 Å². The quantitative estimate of drug-likeness (QED) is 0.712. The number of anilines is 1. The molecule has 0 radical (unpaired) electrons. The maximum Gasteiger partial charge on any atom is 0.330 e. The van der Waals surface area contributed by atoms with Gasteiger partial charge in [-0.2, -0.15) is 0 Å². The van der Waals surface area contributed by atoms with E-state index < -0.39 is 11.2 Å². The number of aromatic nitrogens is 2. The molecule has 0 saturated carbocycles. The van der Waals surface area contributed by atoms with Gasteiger partial charge in [-0.3, -0.25) is 19.1 Å². The van der Waals surface area contributed by atoms with Gasteiger partial charge in [0.05, 0.1) is 18.7 Å². The zero-order valence-corrected chi connectivity index (χ0v) is 9.41. The molecule has 1 aliphatic rings. The van der Waals surface area contributed by atoms with E-state index in [0.717, 1.165) is 0 Å². The summed E-state index contributed by atoms with van der Waals surface area (Å²) < 4.78 is 6.20. The number of hydrogen-bond donors (Lipinski definition) is 2. The van der Waals surface area contributed by atoms with E-state index in [-0.39, 0.29) is 18.9 Å². The Hall–Kier alpha value is -1.89. The zero-order chi connectivity index (χ0) is 12.4. The van der Waals surface area contributed by atoms with Gasteiger partial charge in [0.25, 0.3) is 5.56 Å². The number of amides is 1. The standard InChI is InChI=1S/C10H13N3O4/c1-17-5-4-13-8-6(2-3-7(14)11-8)9(15)12-10(13)16/h2-5H2,1H3,(H,11,14)(H,12,15,16). The second kappa shape index (κ2) is 4.54. The normalized spacial score (nSPS) is 14.3. The molecule has 1 amide bonds. The van der Waals surface area contributed by atoms with Gasteiger partial charge in [0.15, 0.2) is 0 Å². The van der Waals surface area contributed by atoms with Crippen LogP contribution in [0.4, 0.5) is 5.82 Å². The monoisotopic (exact) mass is 239 g/mol. The summed E-state index contributed by atoms with van der Waals surface area (Å²) in [5.41, 5.74) is -0.521. The Morgan fingerprint density at radius 1 is 1.29 bits per heavy atom. The van der Waals surface area contributed by atoms with Crippen molar-refractivity contribution in [1.82, 2.24) is 9.55 Å². The van der Waals surface area contributed by atoms with E-state index in [4.69, 9.17) is 4.74 Å². The Morgan fingerprint density at radius 3 is 2.76 bits per heavy atom. The van der Waals surface area contributed by atoms with Crippen LogP contribution in [0.3, 0.4) is 0 Å². The second-order valence-electron chi connectivity index (χ2n) is 3.78. The van der Waals surface area contributed by atoms with Crippen LogP contribution in [-0.4, -0.2) is 29.2 Å². The number of carbonyl (C=O) groups excluding carboxylic acids is 1. The molecule has 2 rings (SSSR count). The molecule has 0 saturated heterocycles. The van der Waals surface area contributed by atoms with Crippen LogP contribution in [0, 0.1) is 0 Å². The summed E-state index contributed by atoms with van der Waals surface area (Å²) in [4.78, 5) is 36.7. The van der Waals surface area contributed by atoms with Gasteiger partial charge in [-0.05, 0) is 6.42 Å². The Kier molecular flexibility index (Phi) is 3.10. The third-order valence-corrected chi connectivity index (χ3v) is 2.67. The van der Waals surface area contributed by atoms with Crippen LogP contribution in [0.5, 0.6) is 0 Å². The molecular formula is C10H13N3O4. The summed E-state index contributed by atoms with van der Waals surface area (Å²) in [7, 11) is 1.52. The van der Waals surface area contributed by atoms with Gasteiger partial charge >= 0.3 is 5.69 Å². The SMILES string of the molecule is COCCn1c2c(c(=O)[nH]c1=O)CCC(=O)N2. The van der Waals surface area contributed by atoms with Crippen molar-refractivity contribution in [2.45, 2.75) is 19.4 Å². The molecule has 1 aromatic heterocycles. The molecule has 0 aliphatic carbocycles. The van der Waals surface area contributed by atoms with Gasteiger partial charge in [-0.25, -0.2) is 4.79 Å². The lowest BCUT2D eigenvalue weighted by Crippen LogP contribution is -2.39. The highest BCUT2D eigenvalue weighted by Gasteiger charge is 2.21. The van der Waals surface area contributed by atoms with Crippen molar-refractivity contribution in [2.75, 3.05) is 19.0 Å². The van der Waals surface area contributed by atoms with E-state index in [2.05, 4.69) is 10.3 Å². The molecule has 2 N–H and O–H groups in total. The van der Waals surface area contributed by atoms with Crippen molar-refractivity contribution < 1.29 is 9.53 Å². The Balaban J connectivity index is 2.54. The number of aromatic amines is 1. The average Bonchev–Trinajstić information content (AvgIpc) is 2.28. The molecule has 0 atom stereocenters. The van der Waals surface area contributed by atoms with Gasteiger partial charge in [0.1, 0.15) is 5.82 Å². The molecule has 17 heavy (non-hydrogen) atoms. The summed E-state index contributed by atoms with van der Waals surface area (Å²) in [5, 5.41) is 2.57. The summed E-state index contributed by atoms with van der Waals surface area (Å²) in [6.07, 6.45) is 0.613. The van der Waals surface area contributed by atoms with Gasteiger partial charge < -0.3 is 10.1 Å². The summed E-state index contributed by atoms with van der Waals surface area (Å²) in [6, 6.07) is 0. The number of fused-ring (bicyclic) bond motifs is 1. The fourth-order valence-corrected chi connectivity index (χ4v) is 1.82. The lowest BCUT2D eigenvalue weighted by Gasteiger charge is -2.20. The Morgan fingerprint density at radius 2 is 2.06 bits per heavy atom. The minimum Gasteiger partial charge on any atom is -0.383 e. The first-order valence-corrected chi connectivity index (χ1v) is 5.28. The number of carbonyl (C=O) groups is 1. The fourth-order valence-electron chi connectivity index (χ4n) is 1.82. The van der Waals surface area contributed by atoms with Crippen molar-refractivity contribution in [3.63, 3.8) is 0 Å². The van der Waals surface area contributed by atoms with Crippen LogP contribution >= 0.6 is 0 Å². The molecule has 7 heteroatoms. The highest BCUT2D eigenvalue weighted by molar-refractivity contribution is 5.92. The van der Waals surface area contributed by atoms with Crippen LogP contribution in [0.1, 0.15) is 12.0 Å². The van der Waals surface area contributed by atoms with Gasteiger partial charge in [-0.15, -0.1) is 0 Å². The van der Waals surface area contributed by atoms with Crippen molar-refractivity contribution >= 4 is 11.7 Å². The van der Waals surface area contributed by atoms with E-state index in [1.165, 1.54) is 11.7 Å². The van der Waals surface area contributed by atoms with E-state index >= 15 is 0 Å². The molecule has 2 heterocycles. The van der Waals surface area contributed by atoms with Crippen molar-refractivity contribution in [2.24, 2.45) is 0 Å². The van der Waals surface area contributed by atoms with E-state index in [1.54, 1.807) is 0 Å². The number of hydrogen-bond acceptors (Lipinski definition) is 4. The van der Waals surface area contributed by atoms with E-state index in [0.29, 0.717) is 24.4 Å². The van der Waals surface area contributed by atoms with Crippen molar-refractivity contribution in [1.29, 1.82) is 0 Å². The molecule has 0 bridgehead atoms. The third kappa shape index (κ3) is 2.14. The third-order valence-electron chi connectivity index (χ3n) is 2.67. The predicted octanol–water partition coefficient (Wildman–Crippen LogP) is -0.932. The lowest BCUT2D eigenvalue weighted by molar-refractivity contribution is -0.116. The van der Waals surface area contributed by atoms with Gasteiger partial charge in [0, 0.05) is 13.5 Å². The fraction of sp³-hybridized carbons (Fsp3) is 0.500. The molecule has 0 aromatic carbocycles. The molecule has 1 aliphatic heterocycles. The lowest BCUT2D eigenvalue weighted by atomic mass is 10.1. The number of rotatable bonds is 3. The molecule has 92 valence electrons. The number of H-pyrrole nitrogens is 1. The highest BCUT2D eigenvalue weighted by Crippen LogP contribution is 2.16. The maximum atomic E-state index is 11.6. The van der Waals surface area contributed by atoms with Gasteiger partial charge in [-0.1, -0.05) is 0 Å². The smallest absolute Gasteiger partial charge is 0.330 e. The number of methoxy groups -OCH3 is 1. The number of nitrogens with zero attached hydrogens (tertiary/aromatic N) is 1. The molecular weight excluding hydrogens is 226 g/mol. The minimum absolute atomic E-state index is 0.186. The largest absolute Gasteiger partial charge is 0.383 e. The van der Waals surface area contributed by atoms with E-state index in [9.17, 15) is 14.4 Å². The van der Waals surface area contributed by atoms with Crippen LogP contribution in [-0.2, 0) is 22.5 Å². The Labute approximate surface area is 96.4 Å². The molecule has 0 fully saturated rings. The summed E-state index contributed by atoms with van der Waals surface area (Å²) in [5.74, 6) is 0.112. The molecule has 7 nitrogen and oxygen atoms in total. The second-order valence-corrected chi connectivity index (χ2v) is 3.78. The first kappa shape index (κ1) is 11.6. The van der Waals surface area contributed by atoms with Crippen molar-refractivity contribution in [3.05, 3.63) is 26.4 Å². The minimum atomic E-state index is -0.534. The van der Waals surface area contributed by atoms with E-state index in [1.807, 2.05) is 0 Å². The maximum absolute atomic E-state index is 11.6. The first-order valence-electron chi connectivity index (χ1n) is 5.28. The number of nitrogens with one attached hydrogen (secondary N) is 2. The topological polar surface area (TPSA) is 93.2 Å². The predicted molar refractivity (Wildman–Crippen MR) is 60.1 cm³/mol. The zero-order valence-electron chi connectivity index (χ0n) is 9.41. The van der Waals surface area contributed by atoms with Gasteiger partial charge in [0.2, 0.25) is 5.91 Å².